The van der Waals surface area contributed by atoms with Crippen LogP contribution in [0.2, 0.25) is 0 Å². The fourth-order valence-electron chi connectivity index (χ4n) is 2.44. The maximum absolute atomic E-state index is 4.17. The quantitative estimate of drug-likeness (QED) is 0.847. The van der Waals surface area contributed by atoms with Crippen molar-refractivity contribution in [1.82, 2.24) is 10.3 Å². The molecule has 2 heteroatoms. The molecule has 86 valence electrons. The molecule has 2 aromatic rings. The van der Waals surface area contributed by atoms with E-state index in [0.29, 0.717) is 6.04 Å². The zero-order valence-electron chi connectivity index (χ0n) is 9.76. The van der Waals surface area contributed by atoms with E-state index in [0.717, 1.165) is 6.54 Å². The van der Waals surface area contributed by atoms with Crippen molar-refractivity contribution in [3.8, 4) is 11.1 Å². The van der Waals surface area contributed by atoms with E-state index < -0.39 is 0 Å². The van der Waals surface area contributed by atoms with Crippen LogP contribution in [-0.2, 0) is 0 Å². The fraction of sp³-hybridized carbons (Fsp3) is 0.267. The second-order valence-corrected chi connectivity index (χ2v) is 4.52. The Morgan fingerprint density at radius 3 is 2.82 bits per heavy atom. The zero-order chi connectivity index (χ0) is 11.5. The van der Waals surface area contributed by atoms with Gasteiger partial charge in [0.2, 0.25) is 0 Å². The van der Waals surface area contributed by atoms with Crippen LogP contribution in [0.1, 0.15) is 24.4 Å². The summed E-state index contributed by atoms with van der Waals surface area (Å²) in [5.41, 5.74) is 3.83. The maximum atomic E-state index is 4.17. The van der Waals surface area contributed by atoms with Gasteiger partial charge in [0.25, 0.3) is 0 Å². The standard InChI is InChI=1S/C15H16N2/c1-4-12(14-6-2-8-16-11-14)10-13(5-1)15-7-3-9-17-15/h1-2,4-6,8,10-11,15,17H,3,7,9H2. The lowest BCUT2D eigenvalue weighted by Crippen LogP contribution is -2.12. The summed E-state index contributed by atoms with van der Waals surface area (Å²) in [6.45, 7) is 1.14. The molecule has 3 rings (SSSR count). The van der Waals surface area contributed by atoms with Crippen LogP contribution in [0.5, 0.6) is 0 Å². The van der Waals surface area contributed by atoms with Gasteiger partial charge in [-0.2, -0.15) is 0 Å². The lowest BCUT2D eigenvalue weighted by atomic mass is 10.00. The molecule has 1 aromatic carbocycles. The van der Waals surface area contributed by atoms with Gasteiger partial charge in [0.15, 0.2) is 0 Å². The van der Waals surface area contributed by atoms with Crippen molar-refractivity contribution in [2.75, 3.05) is 6.54 Å². The molecule has 1 atom stereocenters. The van der Waals surface area contributed by atoms with Gasteiger partial charge in [-0.3, -0.25) is 4.98 Å². The van der Waals surface area contributed by atoms with Crippen LogP contribution in [0.15, 0.2) is 48.8 Å². The number of benzene rings is 1. The highest BCUT2D eigenvalue weighted by Gasteiger charge is 2.16. The molecule has 0 radical (unpaired) electrons. The molecular formula is C15H16N2. The molecule has 0 bridgehead atoms. The maximum Gasteiger partial charge on any atom is 0.0346 e. The summed E-state index contributed by atoms with van der Waals surface area (Å²) in [7, 11) is 0. The minimum absolute atomic E-state index is 0.534. The van der Waals surface area contributed by atoms with Crippen molar-refractivity contribution in [3.05, 3.63) is 54.4 Å². The van der Waals surface area contributed by atoms with Crippen molar-refractivity contribution in [2.45, 2.75) is 18.9 Å². The third kappa shape index (κ3) is 2.22. The Kier molecular flexibility index (Phi) is 2.88. The lowest BCUT2D eigenvalue weighted by molar-refractivity contribution is 0.648. The second-order valence-electron chi connectivity index (χ2n) is 4.52. The molecule has 0 aliphatic carbocycles. The van der Waals surface area contributed by atoms with Crippen LogP contribution in [-0.4, -0.2) is 11.5 Å². The molecule has 2 heterocycles. The highest BCUT2D eigenvalue weighted by atomic mass is 14.9. The first-order valence-corrected chi connectivity index (χ1v) is 6.17. The molecule has 2 nitrogen and oxygen atoms in total. The van der Waals surface area contributed by atoms with E-state index in [9.17, 15) is 0 Å². The molecule has 1 aromatic heterocycles. The number of hydrogen-bond acceptors (Lipinski definition) is 2. The highest BCUT2D eigenvalue weighted by Crippen LogP contribution is 2.27. The number of aromatic nitrogens is 1. The van der Waals surface area contributed by atoms with Crippen LogP contribution in [0.25, 0.3) is 11.1 Å². The Bertz CT molecular complexity index is 487. The van der Waals surface area contributed by atoms with Gasteiger partial charge in [0.05, 0.1) is 0 Å². The average molecular weight is 224 g/mol. The van der Waals surface area contributed by atoms with E-state index in [4.69, 9.17) is 0 Å². The normalized spacial score (nSPS) is 19.4. The molecule has 1 aliphatic heterocycles. The second kappa shape index (κ2) is 4.68. The molecule has 1 saturated heterocycles. The van der Waals surface area contributed by atoms with E-state index >= 15 is 0 Å². The summed E-state index contributed by atoms with van der Waals surface area (Å²) in [6.07, 6.45) is 6.26. The van der Waals surface area contributed by atoms with Gasteiger partial charge in [-0.25, -0.2) is 0 Å². The number of rotatable bonds is 2. The fourth-order valence-corrected chi connectivity index (χ4v) is 2.44. The molecule has 1 aliphatic rings. The van der Waals surface area contributed by atoms with Gasteiger partial charge in [-0.15, -0.1) is 0 Å². The summed E-state index contributed by atoms with van der Waals surface area (Å²) in [6, 6.07) is 13.4. The van der Waals surface area contributed by atoms with Crippen molar-refractivity contribution < 1.29 is 0 Å². The Labute approximate surface area is 102 Å². The van der Waals surface area contributed by atoms with Crippen LogP contribution in [0, 0.1) is 0 Å². The van der Waals surface area contributed by atoms with Gasteiger partial charge in [0, 0.05) is 18.4 Å². The van der Waals surface area contributed by atoms with Crippen LogP contribution >= 0.6 is 0 Å². The molecule has 0 saturated carbocycles. The predicted octanol–water partition coefficient (Wildman–Crippen LogP) is 3.17. The van der Waals surface area contributed by atoms with E-state index in [2.05, 4.69) is 40.6 Å². The van der Waals surface area contributed by atoms with Gasteiger partial charge >= 0.3 is 0 Å². The average Bonchev–Trinajstić information content (AvgIpc) is 2.94. The minimum atomic E-state index is 0.534. The van der Waals surface area contributed by atoms with E-state index in [1.54, 1.807) is 0 Å². The summed E-state index contributed by atoms with van der Waals surface area (Å²) >= 11 is 0. The Morgan fingerprint density at radius 2 is 2.06 bits per heavy atom. The smallest absolute Gasteiger partial charge is 0.0346 e. The first-order valence-electron chi connectivity index (χ1n) is 6.17. The molecular weight excluding hydrogens is 208 g/mol. The van der Waals surface area contributed by atoms with Crippen molar-refractivity contribution in [2.24, 2.45) is 0 Å². The van der Waals surface area contributed by atoms with Gasteiger partial charge in [0.1, 0.15) is 0 Å². The largest absolute Gasteiger partial charge is 0.310 e. The first-order chi connectivity index (χ1) is 8.43. The Morgan fingerprint density at radius 1 is 1.12 bits per heavy atom. The topological polar surface area (TPSA) is 24.9 Å². The van der Waals surface area contributed by atoms with Crippen LogP contribution in [0.4, 0.5) is 0 Å². The van der Waals surface area contributed by atoms with E-state index in [1.807, 2.05) is 18.5 Å². The zero-order valence-corrected chi connectivity index (χ0v) is 9.76. The Balaban J connectivity index is 1.94. The third-order valence-corrected chi connectivity index (χ3v) is 3.34. The molecule has 0 amide bonds. The molecule has 17 heavy (non-hydrogen) atoms. The SMILES string of the molecule is c1cncc(-c2cccc(C3CCCN3)c2)c1. The predicted molar refractivity (Wildman–Crippen MR) is 69.7 cm³/mol. The first kappa shape index (κ1) is 10.5. The lowest BCUT2D eigenvalue weighted by Gasteiger charge is -2.12. The van der Waals surface area contributed by atoms with Gasteiger partial charge in [-0.1, -0.05) is 24.3 Å². The monoisotopic (exact) mass is 224 g/mol. The molecule has 1 unspecified atom stereocenters. The van der Waals surface area contributed by atoms with Crippen LogP contribution < -0.4 is 5.32 Å². The van der Waals surface area contributed by atoms with E-state index in [-0.39, 0.29) is 0 Å². The molecule has 0 spiro atoms. The van der Waals surface area contributed by atoms with E-state index in [1.165, 1.54) is 29.5 Å². The number of nitrogens with one attached hydrogen (secondary N) is 1. The number of pyridine rings is 1. The highest BCUT2D eigenvalue weighted by molar-refractivity contribution is 5.63. The van der Waals surface area contributed by atoms with Crippen LogP contribution in [0.3, 0.4) is 0 Å². The minimum Gasteiger partial charge on any atom is -0.310 e. The number of hydrogen-bond donors (Lipinski definition) is 1. The Hall–Kier alpha value is -1.67. The van der Waals surface area contributed by atoms with Crippen molar-refractivity contribution in [1.29, 1.82) is 0 Å². The third-order valence-electron chi connectivity index (χ3n) is 3.34. The van der Waals surface area contributed by atoms with Crippen molar-refractivity contribution >= 4 is 0 Å². The van der Waals surface area contributed by atoms with Gasteiger partial charge < -0.3 is 5.32 Å². The summed E-state index contributed by atoms with van der Waals surface area (Å²) in [4.78, 5) is 4.17. The molecule has 1 N–H and O–H groups in total. The summed E-state index contributed by atoms with van der Waals surface area (Å²) in [5.74, 6) is 0. The number of nitrogens with zero attached hydrogens (tertiary/aromatic N) is 1. The van der Waals surface area contributed by atoms with Crippen molar-refractivity contribution in [3.63, 3.8) is 0 Å². The summed E-state index contributed by atoms with van der Waals surface area (Å²) < 4.78 is 0. The van der Waals surface area contributed by atoms with Gasteiger partial charge in [-0.05, 0) is 48.2 Å². The summed E-state index contributed by atoms with van der Waals surface area (Å²) in [5, 5.41) is 3.54. The molecule has 1 fully saturated rings.